The molecule has 0 atom stereocenters. The van der Waals surface area contributed by atoms with E-state index in [9.17, 15) is 9.59 Å². The van der Waals surface area contributed by atoms with E-state index in [0.29, 0.717) is 10.4 Å². The highest BCUT2D eigenvalue weighted by atomic mass is 35.5. The van der Waals surface area contributed by atoms with Gasteiger partial charge in [0.1, 0.15) is 4.83 Å². The average Bonchev–Trinajstić information content (AvgIpc) is 2.85. The Balaban J connectivity index is 1.74. The molecular weight excluding hydrogens is 358 g/mol. The number of thiophene rings is 1. The third kappa shape index (κ3) is 3.60. The highest BCUT2D eigenvalue weighted by molar-refractivity contribution is 7.18. The smallest absolute Gasteiger partial charge is 0.262 e. The van der Waals surface area contributed by atoms with E-state index < -0.39 is 0 Å². The summed E-state index contributed by atoms with van der Waals surface area (Å²) in [7, 11) is 0. The normalized spacial score (nSPS) is 11.0. The molecule has 1 N–H and O–H groups in total. The van der Waals surface area contributed by atoms with E-state index in [1.165, 1.54) is 22.2 Å². The van der Waals surface area contributed by atoms with Crippen molar-refractivity contribution in [3.63, 3.8) is 0 Å². The molecule has 5 nitrogen and oxygen atoms in total. The molecule has 130 valence electrons. The maximum absolute atomic E-state index is 12.6. The number of carbonyl (C=O) groups is 1. The number of rotatable bonds is 4. The van der Waals surface area contributed by atoms with E-state index in [0.717, 1.165) is 26.5 Å². The second-order valence-electron chi connectivity index (χ2n) is 5.96. The van der Waals surface area contributed by atoms with Crippen molar-refractivity contribution in [2.45, 2.75) is 33.7 Å². The number of nitrogens with zero attached hydrogens (tertiary/aromatic N) is 2. The van der Waals surface area contributed by atoms with E-state index in [1.54, 1.807) is 18.2 Å². The third-order valence-electron chi connectivity index (χ3n) is 4.20. The summed E-state index contributed by atoms with van der Waals surface area (Å²) >= 11 is 7.43. The maximum Gasteiger partial charge on any atom is 0.262 e. The molecule has 0 bridgehead atoms. The van der Waals surface area contributed by atoms with E-state index in [4.69, 9.17) is 11.6 Å². The minimum absolute atomic E-state index is 0.0951. The molecule has 0 aliphatic carbocycles. The van der Waals surface area contributed by atoms with Gasteiger partial charge in [0.25, 0.3) is 5.56 Å². The lowest BCUT2D eigenvalue weighted by atomic mass is 10.2. The molecule has 25 heavy (non-hydrogen) atoms. The Morgan fingerprint density at radius 3 is 2.80 bits per heavy atom. The van der Waals surface area contributed by atoms with E-state index in [1.807, 2.05) is 20.8 Å². The largest absolute Gasteiger partial charge is 0.326 e. The Morgan fingerprint density at radius 1 is 1.32 bits per heavy atom. The first-order valence-electron chi connectivity index (χ1n) is 7.88. The van der Waals surface area contributed by atoms with Crippen LogP contribution >= 0.6 is 22.9 Å². The molecule has 2 aromatic heterocycles. The summed E-state index contributed by atoms with van der Waals surface area (Å²) in [5.74, 6) is -0.157. The fraction of sp³-hybridized carbons (Fsp3) is 0.278. The van der Waals surface area contributed by atoms with Crippen LogP contribution in [0.1, 0.15) is 22.4 Å². The molecule has 0 aliphatic heterocycles. The van der Waals surface area contributed by atoms with Crippen molar-refractivity contribution in [3.8, 4) is 0 Å². The van der Waals surface area contributed by atoms with Gasteiger partial charge < -0.3 is 5.32 Å². The summed E-state index contributed by atoms with van der Waals surface area (Å²) < 4.78 is 1.50. The van der Waals surface area contributed by atoms with Crippen LogP contribution in [0.4, 0.5) is 5.69 Å². The molecule has 3 rings (SSSR count). The second-order valence-corrected chi connectivity index (χ2v) is 7.60. The monoisotopic (exact) mass is 375 g/mol. The van der Waals surface area contributed by atoms with Crippen LogP contribution in [-0.4, -0.2) is 15.5 Å². The Hall–Kier alpha value is -2.18. The van der Waals surface area contributed by atoms with Crippen molar-refractivity contribution in [1.82, 2.24) is 9.55 Å². The van der Waals surface area contributed by atoms with E-state index >= 15 is 0 Å². The Bertz CT molecular complexity index is 1020. The topological polar surface area (TPSA) is 64.0 Å². The molecule has 0 fully saturated rings. The predicted molar refractivity (Wildman–Crippen MR) is 103 cm³/mol. The lowest BCUT2D eigenvalue weighted by Crippen LogP contribution is -2.23. The van der Waals surface area contributed by atoms with Gasteiger partial charge in [-0.05, 0) is 50.1 Å². The number of halogens is 1. The number of nitrogens with one attached hydrogen (secondary N) is 1. The quantitative estimate of drug-likeness (QED) is 0.747. The standard InChI is InChI=1S/C18H18ClN3O2S/c1-10-8-13(19)4-5-14(10)21-15(23)6-7-22-9-20-17-16(18(22)24)11(2)12(3)25-17/h4-5,8-9H,6-7H2,1-3H3,(H,21,23). The first-order chi connectivity index (χ1) is 11.9. The Labute approximate surface area is 154 Å². The molecule has 0 aliphatic rings. The molecule has 1 amide bonds. The highest BCUT2D eigenvalue weighted by Crippen LogP contribution is 2.25. The second kappa shape index (κ2) is 6.98. The number of fused-ring (bicyclic) bond motifs is 1. The summed E-state index contributed by atoms with van der Waals surface area (Å²) in [6.07, 6.45) is 1.71. The molecule has 1 aromatic carbocycles. The zero-order valence-electron chi connectivity index (χ0n) is 14.2. The lowest BCUT2D eigenvalue weighted by Gasteiger charge is -2.09. The van der Waals surface area contributed by atoms with Crippen LogP contribution in [0.3, 0.4) is 0 Å². The Kier molecular flexibility index (Phi) is 4.92. The molecule has 3 aromatic rings. The summed E-state index contributed by atoms with van der Waals surface area (Å²) in [6.45, 7) is 6.07. The van der Waals surface area contributed by atoms with Crippen molar-refractivity contribution in [1.29, 1.82) is 0 Å². The van der Waals surface area contributed by atoms with Crippen molar-refractivity contribution in [3.05, 3.63) is 55.9 Å². The van der Waals surface area contributed by atoms with Crippen LogP contribution in [-0.2, 0) is 11.3 Å². The fourth-order valence-corrected chi connectivity index (χ4v) is 3.85. The number of benzene rings is 1. The van der Waals surface area contributed by atoms with E-state index in [2.05, 4.69) is 10.3 Å². The number of aryl methyl sites for hydroxylation is 4. The number of hydrogen-bond acceptors (Lipinski definition) is 4. The Morgan fingerprint density at radius 2 is 2.08 bits per heavy atom. The summed E-state index contributed by atoms with van der Waals surface area (Å²) in [5.41, 5.74) is 2.49. The maximum atomic E-state index is 12.6. The highest BCUT2D eigenvalue weighted by Gasteiger charge is 2.13. The predicted octanol–water partition coefficient (Wildman–Crippen LogP) is 4.07. The van der Waals surface area contributed by atoms with Crippen LogP contribution in [0.15, 0.2) is 29.3 Å². The van der Waals surface area contributed by atoms with Gasteiger partial charge in [0, 0.05) is 28.6 Å². The number of carbonyl (C=O) groups excluding carboxylic acids is 1. The third-order valence-corrected chi connectivity index (χ3v) is 5.55. The van der Waals surface area contributed by atoms with Crippen LogP contribution in [0.5, 0.6) is 0 Å². The van der Waals surface area contributed by atoms with Crippen LogP contribution in [0.25, 0.3) is 10.2 Å². The van der Waals surface area contributed by atoms with Crippen LogP contribution in [0, 0.1) is 20.8 Å². The van der Waals surface area contributed by atoms with Gasteiger partial charge in [-0.1, -0.05) is 11.6 Å². The minimum Gasteiger partial charge on any atom is -0.326 e. The van der Waals surface area contributed by atoms with Crippen molar-refractivity contribution in [2.24, 2.45) is 0 Å². The van der Waals surface area contributed by atoms with Gasteiger partial charge in [-0.3, -0.25) is 14.2 Å². The number of aromatic nitrogens is 2. The van der Waals surface area contributed by atoms with Gasteiger partial charge in [-0.25, -0.2) is 4.98 Å². The first-order valence-corrected chi connectivity index (χ1v) is 9.07. The lowest BCUT2D eigenvalue weighted by molar-refractivity contribution is -0.116. The van der Waals surface area contributed by atoms with E-state index in [-0.39, 0.29) is 24.4 Å². The van der Waals surface area contributed by atoms with Gasteiger partial charge in [-0.2, -0.15) is 0 Å². The number of hydrogen-bond donors (Lipinski definition) is 1. The van der Waals surface area contributed by atoms with Crippen molar-refractivity contribution < 1.29 is 4.79 Å². The fourth-order valence-electron chi connectivity index (χ4n) is 2.63. The minimum atomic E-state index is -0.157. The molecule has 2 heterocycles. The molecule has 0 spiro atoms. The summed E-state index contributed by atoms with van der Waals surface area (Å²) in [6, 6.07) is 5.29. The van der Waals surface area contributed by atoms with Gasteiger partial charge in [0.2, 0.25) is 5.91 Å². The van der Waals surface area contributed by atoms with Crippen LogP contribution < -0.4 is 10.9 Å². The SMILES string of the molecule is Cc1cc(Cl)ccc1NC(=O)CCn1cnc2sc(C)c(C)c2c1=O. The zero-order chi connectivity index (χ0) is 18.1. The number of anilines is 1. The zero-order valence-corrected chi connectivity index (χ0v) is 15.8. The number of amides is 1. The van der Waals surface area contributed by atoms with Gasteiger partial charge in [0.15, 0.2) is 0 Å². The van der Waals surface area contributed by atoms with Crippen LogP contribution in [0.2, 0.25) is 5.02 Å². The van der Waals surface area contributed by atoms with Gasteiger partial charge in [0.05, 0.1) is 11.7 Å². The molecule has 7 heteroatoms. The summed E-state index contributed by atoms with van der Waals surface area (Å²) in [4.78, 5) is 31.0. The van der Waals surface area contributed by atoms with Gasteiger partial charge >= 0.3 is 0 Å². The van der Waals surface area contributed by atoms with Gasteiger partial charge in [-0.15, -0.1) is 11.3 Å². The summed E-state index contributed by atoms with van der Waals surface area (Å²) in [5, 5.41) is 4.13. The molecule has 0 saturated heterocycles. The molecular formula is C18H18ClN3O2S. The molecule has 0 saturated carbocycles. The molecule has 0 unspecified atom stereocenters. The average molecular weight is 376 g/mol. The first kappa shape index (κ1) is 17.6. The van der Waals surface area contributed by atoms with Crippen molar-refractivity contribution in [2.75, 3.05) is 5.32 Å². The molecule has 0 radical (unpaired) electrons. The van der Waals surface area contributed by atoms with Crippen molar-refractivity contribution >= 4 is 44.7 Å².